The number of amides is 1. The van der Waals surface area contributed by atoms with E-state index in [2.05, 4.69) is 15.6 Å². The normalized spacial score (nSPS) is 32.0. The molecule has 4 aliphatic carbocycles. The summed E-state index contributed by atoms with van der Waals surface area (Å²) in [7, 11) is 0. The van der Waals surface area contributed by atoms with Crippen molar-refractivity contribution < 1.29 is 9.18 Å². The molecule has 4 bridgehead atoms. The monoisotopic (exact) mass is 354 g/mol. The lowest BCUT2D eigenvalue weighted by molar-refractivity contribution is -0.0167. The molecule has 4 fully saturated rings. The molecule has 5 nitrogen and oxygen atoms in total. The Morgan fingerprint density at radius 3 is 2.46 bits per heavy atom. The summed E-state index contributed by atoms with van der Waals surface area (Å²) in [4.78, 5) is 12.8. The molecule has 26 heavy (non-hydrogen) atoms. The van der Waals surface area contributed by atoms with E-state index in [9.17, 15) is 9.18 Å². The third kappa shape index (κ3) is 2.81. The minimum Gasteiger partial charge on any atom is -0.345 e. The minimum absolute atomic E-state index is 0.0405. The molecule has 0 aliphatic heterocycles. The molecule has 4 aliphatic rings. The average Bonchev–Trinajstić information content (AvgIpc) is 3.04. The van der Waals surface area contributed by atoms with E-state index in [1.54, 1.807) is 24.4 Å². The van der Waals surface area contributed by atoms with Gasteiger partial charge in [-0.2, -0.15) is 0 Å². The lowest BCUT2D eigenvalue weighted by Crippen LogP contribution is -2.59. The van der Waals surface area contributed by atoms with E-state index < -0.39 is 0 Å². The number of aromatic nitrogens is 3. The maximum absolute atomic E-state index is 13.8. The van der Waals surface area contributed by atoms with E-state index in [1.165, 1.54) is 30.0 Å². The third-order valence-electron chi connectivity index (χ3n) is 6.48. The van der Waals surface area contributed by atoms with Crippen molar-refractivity contribution in [2.45, 2.75) is 50.6 Å². The van der Waals surface area contributed by atoms with Crippen LogP contribution in [0.15, 0.2) is 30.5 Å². The van der Waals surface area contributed by atoms with E-state index >= 15 is 0 Å². The maximum Gasteiger partial charge on any atom is 0.273 e. The molecule has 136 valence electrons. The number of hydrogen-bond donors (Lipinski definition) is 1. The second-order valence-corrected chi connectivity index (χ2v) is 8.54. The van der Waals surface area contributed by atoms with Gasteiger partial charge < -0.3 is 5.32 Å². The van der Waals surface area contributed by atoms with Crippen molar-refractivity contribution in [2.24, 2.45) is 17.8 Å². The zero-order valence-electron chi connectivity index (χ0n) is 14.7. The number of carbonyl (C=O) groups is 1. The third-order valence-corrected chi connectivity index (χ3v) is 6.48. The Bertz CT molecular complexity index is 811. The van der Waals surface area contributed by atoms with Crippen LogP contribution in [0, 0.1) is 23.6 Å². The summed E-state index contributed by atoms with van der Waals surface area (Å²) in [6.07, 6.45) is 8.95. The van der Waals surface area contributed by atoms with Crippen LogP contribution in [0.4, 0.5) is 4.39 Å². The number of benzene rings is 1. The minimum atomic E-state index is -0.275. The second-order valence-electron chi connectivity index (χ2n) is 8.54. The fourth-order valence-corrected chi connectivity index (χ4v) is 5.85. The second kappa shape index (κ2) is 5.89. The molecule has 0 unspecified atom stereocenters. The van der Waals surface area contributed by atoms with Crippen molar-refractivity contribution in [2.75, 3.05) is 0 Å². The highest BCUT2D eigenvalue weighted by molar-refractivity contribution is 5.92. The predicted octanol–water partition coefficient (Wildman–Crippen LogP) is 3.16. The van der Waals surface area contributed by atoms with E-state index in [1.807, 2.05) is 0 Å². The summed E-state index contributed by atoms with van der Waals surface area (Å²) in [6, 6.07) is 6.58. The van der Waals surface area contributed by atoms with Crippen molar-refractivity contribution in [1.29, 1.82) is 0 Å². The molecule has 1 aromatic carbocycles. The van der Waals surface area contributed by atoms with E-state index in [0.717, 1.165) is 37.0 Å². The van der Waals surface area contributed by atoms with Crippen molar-refractivity contribution in [3.8, 4) is 0 Å². The summed E-state index contributed by atoms with van der Waals surface area (Å²) in [5, 5.41) is 11.3. The molecular formula is C20H23FN4O. The quantitative estimate of drug-likeness (QED) is 0.917. The highest BCUT2D eigenvalue weighted by Crippen LogP contribution is 2.55. The molecule has 4 saturated carbocycles. The van der Waals surface area contributed by atoms with Gasteiger partial charge in [-0.25, -0.2) is 9.07 Å². The van der Waals surface area contributed by atoms with Crippen LogP contribution in [-0.2, 0) is 6.54 Å². The zero-order valence-corrected chi connectivity index (χ0v) is 14.7. The first-order valence-corrected chi connectivity index (χ1v) is 9.55. The Hall–Kier alpha value is -2.24. The van der Waals surface area contributed by atoms with Crippen LogP contribution in [0.1, 0.15) is 54.6 Å². The molecule has 2 aromatic rings. The maximum atomic E-state index is 13.8. The topological polar surface area (TPSA) is 59.8 Å². The Kier molecular flexibility index (Phi) is 3.62. The van der Waals surface area contributed by atoms with Crippen LogP contribution in [0.3, 0.4) is 0 Å². The smallest absolute Gasteiger partial charge is 0.273 e. The lowest BCUT2D eigenvalue weighted by atomic mass is 9.53. The van der Waals surface area contributed by atoms with Crippen molar-refractivity contribution >= 4 is 5.91 Å². The van der Waals surface area contributed by atoms with Gasteiger partial charge in [0.15, 0.2) is 5.69 Å². The van der Waals surface area contributed by atoms with Crippen LogP contribution in [0.25, 0.3) is 0 Å². The fourth-order valence-electron chi connectivity index (χ4n) is 5.85. The summed E-state index contributed by atoms with van der Waals surface area (Å²) < 4.78 is 15.3. The first kappa shape index (κ1) is 16.0. The van der Waals surface area contributed by atoms with Gasteiger partial charge in [-0.15, -0.1) is 5.10 Å². The molecule has 1 N–H and O–H groups in total. The van der Waals surface area contributed by atoms with Gasteiger partial charge in [-0.3, -0.25) is 4.79 Å². The van der Waals surface area contributed by atoms with E-state index in [4.69, 9.17) is 0 Å². The first-order valence-electron chi connectivity index (χ1n) is 9.55. The van der Waals surface area contributed by atoms with Gasteiger partial charge in [-0.05, 0) is 62.3 Å². The van der Waals surface area contributed by atoms with Crippen LogP contribution in [0.2, 0.25) is 0 Å². The Morgan fingerprint density at radius 1 is 1.15 bits per heavy atom. The number of rotatable bonds is 4. The largest absolute Gasteiger partial charge is 0.345 e. The first-order chi connectivity index (χ1) is 12.6. The molecule has 6 rings (SSSR count). The van der Waals surface area contributed by atoms with Gasteiger partial charge >= 0.3 is 0 Å². The van der Waals surface area contributed by atoms with Gasteiger partial charge in [0, 0.05) is 11.1 Å². The molecule has 0 saturated heterocycles. The number of hydrogen-bond acceptors (Lipinski definition) is 3. The molecule has 1 amide bonds. The van der Waals surface area contributed by atoms with Crippen molar-refractivity contribution in [1.82, 2.24) is 20.3 Å². The fraction of sp³-hybridized carbons (Fsp3) is 0.550. The summed E-state index contributed by atoms with van der Waals surface area (Å²) in [5.41, 5.74) is 0.809. The van der Waals surface area contributed by atoms with Gasteiger partial charge in [0.2, 0.25) is 0 Å². The summed E-state index contributed by atoms with van der Waals surface area (Å²) >= 11 is 0. The molecule has 0 spiro atoms. The Labute approximate surface area is 152 Å². The van der Waals surface area contributed by atoms with Crippen LogP contribution >= 0.6 is 0 Å². The van der Waals surface area contributed by atoms with E-state index in [-0.39, 0.29) is 23.8 Å². The SMILES string of the molecule is O=C(NC12CC3CC(CC(C3)C1)C2)c1cn(Cc2ccccc2F)nn1. The standard InChI is InChI=1S/C20H23FN4O/c21-17-4-2-1-3-16(17)11-25-12-18(23-24-25)19(26)22-20-8-13-5-14(9-20)7-15(6-13)10-20/h1-4,12-15H,5-11H2,(H,22,26). The van der Waals surface area contributed by atoms with Gasteiger partial charge in [0.1, 0.15) is 5.82 Å². The average molecular weight is 354 g/mol. The van der Waals surface area contributed by atoms with Gasteiger partial charge in [0.25, 0.3) is 5.91 Å². The highest BCUT2D eigenvalue weighted by Gasteiger charge is 2.51. The van der Waals surface area contributed by atoms with Crippen molar-refractivity contribution in [3.05, 3.63) is 47.5 Å². The number of nitrogens with one attached hydrogen (secondary N) is 1. The number of carbonyl (C=O) groups excluding carboxylic acids is 1. The lowest BCUT2D eigenvalue weighted by Gasteiger charge is -2.56. The summed E-state index contributed by atoms with van der Waals surface area (Å²) in [6.45, 7) is 0.268. The highest BCUT2D eigenvalue weighted by atomic mass is 19.1. The number of halogens is 1. The Morgan fingerprint density at radius 2 is 1.81 bits per heavy atom. The predicted molar refractivity (Wildman–Crippen MR) is 93.9 cm³/mol. The van der Waals surface area contributed by atoms with Gasteiger partial charge in [0.05, 0.1) is 12.7 Å². The zero-order chi connectivity index (χ0) is 17.7. The molecule has 0 radical (unpaired) electrons. The van der Waals surface area contributed by atoms with Crippen LogP contribution in [-0.4, -0.2) is 26.4 Å². The van der Waals surface area contributed by atoms with Crippen molar-refractivity contribution in [3.63, 3.8) is 0 Å². The molecule has 1 heterocycles. The molecular weight excluding hydrogens is 331 g/mol. The number of nitrogens with zero attached hydrogens (tertiary/aromatic N) is 3. The van der Waals surface area contributed by atoms with Crippen LogP contribution in [0.5, 0.6) is 0 Å². The van der Waals surface area contributed by atoms with E-state index in [0.29, 0.717) is 11.3 Å². The molecule has 1 aromatic heterocycles. The molecule has 6 heteroatoms. The summed E-state index contributed by atoms with van der Waals surface area (Å²) in [5.74, 6) is 1.91. The Balaban J connectivity index is 1.30. The van der Waals surface area contributed by atoms with Crippen LogP contribution < -0.4 is 5.32 Å². The molecule has 0 atom stereocenters. The van der Waals surface area contributed by atoms with Gasteiger partial charge in [-0.1, -0.05) is 23.4 Å².